The highest BCUT2D eigenvalue weighted by molar-refractivity contribution is 7.99. The van der Waals surface area contributed by atoms with Gasteiger partial charge in [-0.15, -0.1) is 11.8 Å². The molecule has 0 fully saturated rings. The summed E-state index contributed by atoms with van der Waals surface area (Å²) in [7, 11) is -3.65. The average molecular weight is 455 g/mol. The Hall–Kier alpha value is -1.54. The smallest absolute Gasteiger partial charge is 0.252 e. The van der Waals surface area contributed by atoms with Crippen LogP contribution in [0.4, 0.5) is 0 Å². The fourth-order valence-electron chi connectivity index (χ4n) is 2.78. The van der Waals surface area contributed by atoms with Crippen LogP contribution in [-0.4, -0.2) is 44.0 Å². The number of hydrogen-bond donors (Lipinski definition) is 1. The van der Waals surface area contributed by atoms with E-state index in [0.717, 1.165) is 4.90 Å². The minimum absolute atomic E-state index is 0.0697. The van der Waals surface area contributed by atoms with E-state index >= 15 is 0 Å². The second-order valence-electron chi connectivity index (χ2n) is 6.58. The van der Waals surface area contributed by atoms with Crippen molar-refractivity contribution in [2.75, 3.05) is 25.4 Å². The molecule has 0 aliphatic heterocycles. The Morgan fingerprint density at radius 1 is 1.07 bits per heavy atom. The summed E-state index contributed by atoms with van der Waals surface area (Å²) < 4.78 is 26.7. The van der Waals surface area contributed by atoms with Crippen LogP contribution in [-0.2, 0) is 10.0 Å². The predicted octanol–water partition coefficient (Wildman–Crippen LogP) is 4.51. The molecule has 0 heterocycles. The summed E-state index contributed by atoms with van der Waals surface area (Å²) in [5.41, 5.74) is 2.64. The third-order valence-corrected chi connectivity index (χ3v) is 8.03. The minimum Gasteiger partial charge on any atom is -0.351 e. The Morgan fingerprint density at radius 2 is 1.76 bits per heavy atom. The van der Waals surface area contributed by atoms with Crippen molar-refractivity contribution in [2.24, 2.45) is 0 Å². The molecule has 2 aromatic carbocycles. The van der Waals surface area contributed by atoms with Gasteiger partial charge in [0, 0.05) is 30.3 Å². The second kappa shape index (κ2) is 10.5. The molecule has 5 nitrogen and oxygen atoms in total. The van der Waals surface area contributed by atoms with Gasteiger partial charge in [0.05, 0.1) is 15.5 Å². The van der Waals surface area contributed by atoms with Crippen molar-refractivity contribution in [2.45, 2.75) is 37.5 Å². The zero-order valence-electron chi connectivity index (χ0n) is 17.2. The van der Waals surface area contributed by atoms with Crippen LogP contribution in [0.15, 0.2) is 46.2 Å². The van der Waals surface area contributed by atoms with Gasteiger partial charge in [0.25, 0.3) is 5.91 Å². The highest BCUT2D eigenvalue weighted by Gasteiger charge is 2.23. The van der Waals surface area contributed by atoms with Gasteiger partial charge in [0.2, 0.25) is 10.0 Å². The lowest BCUT2D eigenvalue weighted by atomic mass is 10.1. The number of rotatable bonds is 9. The van der Waals surface area contributed by atoms with E-state index in [-0.39, 0.29) is 21.4 Å². The minimum atomic E-state index is -3.65. The van der Waals surface area contributed by atoms with Crippen molar-refractivity contribution in [1.29, 1.82) is 0 Å². The summed E-state index contributed by atoms with van der Waals surface area (Å²) in [6, 6.07) is 10.5. The highest BCUT2D eigenvalue weighted by atomic mass is 35.5. The molecule has 1 N–H and O–H groups in total. The molecule has 0 atom stereocenters. The number of carbonyl (C=O) groups excluding carboxylic acids is 1. The van der Waals surface area contributed by atoms with E-state index in [1.54, 1.807) is 25.6 Å². The summed E-state index contributed by atoms with van der Waals surface area (Å²) in [6.07, 6.45) is 0. The molecule has 0 aliphatic rings. The number of thioether (sulfide) groups is 1. The fourth-order valence-corrected chi connectivity index (χ4v) is 5.34. The first-order chi connectivity index (χ1) is 13.7. The van der Waals surface area contributed by atoms with Crippen molar-refractivity contribution >= 4 is 39.3 Å². The van der Waals surface area contributed by atoms with Gasteiger partial charge in [0.15, 0.2) is 0 Å². The average Bonchev–Trinajstić information content (AvgIpc) is 2.68. The van der Waals surface area contributed by atoms with Crippen molar-refractivity contribution in [1.82, 2.24) is 9.62 Å². The number of amides is 1. The first-order valence-corrected chi connectivity index (χ1v) is 12.3. The third kappa shape index (κ3) is 5.98. The SMILES string of the molecule is CCN(CC)S(=O)(=O)c1ccc(Cl)c(C(=O)NCCSc2ccc(C)c(C)c2)c1. The summed E-state index contributed by atoms with van der Waals surface area (Å²) in [6.45, 7) is 8.86. The van der Waals surface area contributed by atoms with E-state index < -0.39 is 10.0 Å². The lowest BCUT2D eigenvalue weighted by molar-refractivity contribution is 0.0956. The number of benzene rings is 2. The topological polar surface area (TPSA) is 66.5 Å². The molecule has 0 aliphatic carbocycles. The van der Waals surface area contributed by atoms with Gasteiger partial charge in [-0.3, -0.25) is 4.79 Å². The van der Waals surface area contributed by atoms with Gasteiger partial charge in [-0.2, -0.15) is 4.31 Å². The Bertz CT molecular complexity index is 974. The van der Waals surface area contributed by atoms with E-state index in [9.17, 15) is 13.2 Å². The number of nitrogens with one attached hydrogen (secondary N) is 1. The van der Waals surface area contributed by atoms with Gasteiger partial charge in [-0.1, -0.05) is 31.5 Å². The monoisotopic (exact) mass is 454 g/mol. The standard InChI is InChI=1S/C21H27ClN2O3S2/c1-5-24(6-2)29(26,27)18-9-10-20(22)19(14-18)21(25)23-11-12-28-17-8-7-15(3)16(4)13-17/h7-10,13-14H,5-6,11-12H2,1-4H3,(H,23,25). The Kier molecular flexibility index (Phi) is 8.58. The lowest BCUT2D eigenvalue weighted by Gasteiger charge is -2.19. The van der Waals surface area contributed by atoms with Gasteiger partial charge < -0.3 is 5.32 Å². The molecule has 0 spiro atoms. The molecular formula is C21H27ClN2O3S2. The molecular weight excluding hydrogens is 428 g/mol. The maximum Gasteiger partial charge on any atom is 0.252 e. The molecule has 1 amide bonds. The van der Waals surface area contributed by atoms with Crippen LogP contribution in [0.2, 0.25) is 5.02 Å². The van der Waals surface area contributed by atoms with E-state index in [1.165, 1.54) is 33.6 Å². The van der Waals surface area contributed by atoms with Gasteiger partial charge in [-0.05, 0) is 55.3 Å². The van der Waals surface area contributed by atoms with Crippen LogP contribution in [0.1, 0.15) is 35.3 Å². The van der Waals surface area contributed by atoms with Gasteiger partial charge in [-0.25, -0.2) is 8.42 Å². The molecule has 2 aromatic rings. The summed E-state index contributed by atoms with van der Waals surface area (Å²) >= 11 is 7.81. The van der Waals surface area contributed by atoms with E-state index in [1.807, 2.05) is 0 Å². The predicted molar refractivity (Wildman–Crippen MR) is 121 cm³/mol. The number of nitrogens with zero attached hydrogens (tertiary/aromatic N) is 1. The largest absolute Gasteiger partial charge is 0.351 e. The molecule has 0 bridgehead atoms. The Balaban J connectivity index is 2.04. The Labute approximate surface area is 182 Å². The third-order valence-electron chi connectivity index (χ3n) is 4.66. The highest BCUT2D eigenvalue weighted by Crippen LogP contribution is 2.24. The molecule has 0 radical (unpaired) electrons. The molecule has 158 valence electrons. The summed E-state index contributed by atoms with van der Waals surface area (Å²) in [5, 5.41) is 3.04. The second-order valence-corrected chi connectivity index (χ2v) is 10.1. The number of aryl methyl sites for hydroxylation is 2. The molecule has 2 rings (SSSR count). The van der Waals surface area contributed by atoms with Crippen LogP contribution in [0.5, 0.6) is 0 Å². The molecule has 0 unspecified atom stereocenters. The summed E-state index contributed by atoms with van der Waals surface area (Å²) in [5.74, 6) is 0.316. The van der Waals surface area contributed by atoms with Gasteiger partial charge >= 0.3 is 0 Å². The van der Waals surface area contributed by atoms with Crippen molar-refractivity contribution in [3.05, 3.63) is 58.1 Å². The van der Waals surface area contributed by atoms with E-state index in [4.69, 9.17) is 11.6 Å². The van der Waals surface area contributed by atoms with E-state index in [2.05, 4.69) is 37.4 Å². The van der Waals surface area contributed by atoms with Crippen LogP contribution in [0.25, 0.3) is 0 Å². The van der Waals surface area contributed by atoms with Crippen LogP contribution in [0.3, 0.4) is 0 Å². The molecule has 29 heavy (non-hydrogen) atoms. The van der Waals surface area contributed by atoms with E-state index in [0.29, 0.717) is 25.4 Å². The molecule has 0 aromatic heterocycles. The quantitative estimate of drug-likeness (QED) is 0.447. The maximum atomic E-state index is 12.7. The van der Waals surface area contributed by atoms with Crippen molar-refractivity contribution < 1.29 is 13.2 Å². The summed E-state index contributed by atoms with van der Waals surface area (Å²) in [4.78, 5) is 13.8. The number of carbonyl (C=O) groups is 1. The van der Waals surface area contributed by atoms with Crippen molar-refractivity contribution in [3.8, 4) is 0 Å². The molecule has 0 saturated carbocycles. The number of hydrogen-bond acceptors (Lipinski definition) is 4. The lowest BCUT2D eigenvalue weighted by Crippen LogP contribution is -2.31. The maximum absolute atomic E-state index is 12.7. The fraction of sp³-hybridized carbons (Fsp3) is 0.381. The zero-order valence-corrected chi connectivity index (χ0v) is 19.5. The number of sulfonamides is 1. The first kappa shape index (κ1) is 23.7. The molecule has 0 saturated heterocycles. The van der Waals surface area contributed by atoms with Crippen LogP contribution >= 0.6 is 23.4 Å². The number of halogens is 1. The first-order valence-electron chi connectivity index (χ1n) is 9.48. The normalized spacial score (nSPS) is 11.7. The Morgan fingerprint density at radius 3 is 2.38 bits per heavy atom. The van der Waals surface area contributed by atoms with Crippen LogP contribution in [0, 0.1) is 13.8 Å². The van der Waals surface area contributed by atoms with Crippen LogP contribution < -0.4 is 5.32 Å². The zero-order chi connectivity index (χ0) is 21.6. The molecule has 8 heteroatoms. The van der Waals surface area contributed by atoms with Gasteiger partial charge in [0.1, 0.15) is 0 Å². The van der Waals surface area contributed by atoms with Crippen molar-refractivity contribution in [3.63, 3.8) is 0 Å².